The number of fused-ring (bicyclic) bond motifs is 1. The standard InChI is InChI=1S/C12H18N2OS3/c1-4-5-13-6-7-18(15)12-14-10-8(2)16-9(3)11(10)17-12/h13H,4-7H2,1-3H3. The molecular formula is C12H18N2OS3. The monoisotopic (exact) mass is 302 g/mol. The van der Waals surface area contributed by atoms with Gasteiger partial charge in [0.1, 0.15) is 11.3 Å². The molecule has 0 aliphatic carbocycles. The lowest BCUT2D eigenvalue weighted by Crippen LogP contribution is -2.23. The molecule has 0 saturated carbocycles. The molecule has 1 N–H and O–H groups in total. The number of nitrogens with one attached hydrogen (secondary N) is 1. The van der Waals surface area contributed by atoms with E-state index >= 15 is 0 Å². The molecule has 6 heteroatoms. The number of rotatable bonds is 6. The minimum atomic E-state index is -0.965. The molecule has 2 aromatic heterocycles. The number of aryl methyl sites for hydroxylation is 2. The molecule has 1 unspecified atom stereocenters. The lowest BCUT2D eigenvalue weighted by molar-refractivity contribution is 0.589. The van der Waals surface area contributed by atoms with Gasteiger partial charge in [-0.15, -0.1) is 11.3 Å². The molecule has 2 rings (SSSR count). The first kappa shape index (κ1) is 14.3. The summed E-state index contributed by atoms with van der Waals surface area (Å²) in [5, 5.41) is 3.27. The zero-order valence-corrected chi connectivity index (χ0v) is 13.4. The summed E-state index contributed by atoms with van der Waals surface area (Å²) in [6, 6.07) is 0. The maximum Gasteiger partial charge on any atom is 0.302 e. The van der Waals surface area contributed by atoms with Gasteiger partial charge in [-0.2, -0.15) is 4.98 Å². The van der Waals surface area contributed by atoms with Crippen LogP contribution in [-0.2, 0) is 11.2 Å². The zero-order chi connectivity index (χ0) is 13.1. The quantitative estimate of drug-likeness (QED) is 0.659. The summed E-state index contributed by atoms with van der Waals surface area (Å²) < 4.78 is 14.1. The van der Waals surface area contributed by atoms with Crippen LogP contribution in [0.15, 0.2) is 4.34 Å². The summed E-state index contributed by atoms with van der Waals surface area (Å²) in [6.07, 6.45) is 1.11. The van der Waals surface area contributed by atoms with Crippen molar-refractivity contribution >= 4 is 44.1 Å². The summed E-state index contributed by atoms with van der Waals surface area (Å²) >= 11 is 2.39. The van der Waals surface area contributed by atoms with Crippen LogP contribution in [0.5, 0.6) is 0 Å². The highest BCUT2D eigenvalue weighted by molar-refractivity contribution is 7.93. The van der Waals surface area contributed by atoms with Crippen LogP contribution in [0.3, 0.4) is 0 Å². The largest absolute Gasteiger partial charge is 0.610 e. The second kappa shape index (κ2) is 6.34. The van der Waals surface area contributed by atoms with Crippen molar-refractivity contribution in [3.63, 3.8) is 0 Å². The molecule has 18 heavy (non-hydrogen) atoms. The number of thiazole rings is 1. The molecule has 0 spiro atoms. The molecule has 0 aliphatic heterocycles. The normalized spacial score (nSPS) is 13.3. The Balaban J connectivity index is 2.04. The van der Waals surface area contributed by atoms with Gasteiger partial charge in [-0.3, -0.25) is 0 Å². The minimum absolute atomic E-state index is 0.650. The number of nitrogens with zero attached hydrogens (tertiary/aromatic N) is 1. The van der Waals surface area contributed by atoms with E-state index in [-0.39, 0.29) is 0 Å². The van der Waals surface area contributed by atoms with Crippen LogP contribution in [0.2, 0.25) is 0 Å². The SMILES string of the molecule is CCCNCC[S+]([O-])c1nc2c(C)sc(C)c2s1. The number of hydrogen-bond acceptors (Lipinski definition) is 5. The molecule has 100 valence electrons. The van der Waals surface area contributed by atoms with Crippen LogP contribution in [0.4, 0.5) is 0 Å². The van der Waals surface area contributed by atoms with E-state index in [1.165, 1.54) is 14.5 Å². The van der Waals surface area contributed by atoms with E-state index in [4.69, 9.17) is 0 Å². The Morgan fingerprint density at radius 3 is 2.67 bits per heavy atom. The molecule has 0 amide bonds. The van der Waals surface area contributed by atoms with Crippen molar-refractivity contribution in [1.82, 2.24) is 10.3 Å². The Kier molecular flexibility index (Phi) is 5.03. The highest BCUT2D eigenvalue weighted by Crippen LogP contribution is 2.35. The van der Waals surface area contributed by atoms with E-state index in [0.29, 0.717) is 5.75 Å². The van der Waals surface area contributed by atoms with Crippen LogP contribution in [0, 0.1) is 13.8 Å². The predicted molar refractivity (Wildman–Crippen MR) is 81.4 cm³/mol. The van der Waals surface area contributed by atoms with Gasteiger partial charge >= 0.3 is 4.34 Å². The maximum absolute atomic E-state index is 12.1. The second-order valence-electron chi connectivity index (χ2n) is 4.17. The van der Waals surface area contributed by atoms with Crippen LogP contribution in [-0.4, -0.2) is 28.4 Å². The van der Waals surface area contributed by atoms with Gasteiger partial charge in [0.2, 0.25) is 0 Å². The Hall–Kier alpha value is -0.140. The predicted octanol–water partition coefficient (Wildman–Crippen LogP) is 3.08. The average Bonchev–Trinajstić information content (AvgIpc) is 2.88. The fourth-order valence-corrected chi connectivity index (χ4v) is 5.28. The molecule has 2 aromatic rings. The Morgan fingerprint density at radius 1 is 1.22 bits per heavy atom. The highest BCUT2D eigenvalue weighted by atomic mass is 32.2. The van der Waals surface area contributed by atoms with Gasteiger partial charge in [0, 0.05) is 27.5 Å². The van der Waals surface area contributed by atoms with E-state index in [1.807, 2.05) is 0 Å². The molecule has 0 aliphatic rings. The molecule has 3 nitrogen and oxygen atoms in total. The number of thiophene rings is 1. The van der Waals surface area contributed by atoms with Gasteiger partial charge < -0.3 is 9.87 Å². The average molecular weight is 302 g/mol. The van der Waals surface area contributed by atoms with Crippen molar-refractivity contribution in [2.24, 2.45) is 0 Å². The first-order chi connectivity index (χ1) is 8.63. The molecule has 0 aromatic carbocycles. The summed E-state index contributed by atoms with van der Waals surface area (Å²) in [5.41, 5.74) is 1.05. The van der Waals surface area contributed by atoms with Crippen molar-refractivity contribution in [3.05, 3.63) is 9.75 Å². The first-order valence-electron chi connectivity index (χ1n) is 6.09. The fourth-order valence-electron chi connectivity index (χ4n) is 1.75. The number of aromatic nitrogens is 1. The third-order valence-electron chi connectivity index (χ3n) is 2.65. The van der Waals surface area contributed by atoms with Crippen LogP contribution >= 0.6 is 22.7 Å². The van der Waals surface area contributed by atoms with Gasteiger partial charge in [0.15, 0.2) is 0 Å². The molecule has 0 bridgehead atoms. The fraction of sp³-hybridized carbons (Fsp3) is 0.583. The van der Waals surface area contributed by atoms with Gasteiger partial charge in [-0.05, 0) is 26.8 Å². The summed E-state index contributed by atoms with van der Waals surface area (Å²) in [6.45, 7) is 8.10. The molecular weight excluding hydrogens is 284 g/mol. The molecule has 2 heterocycles. The molecule has 0 fully saturated rings. The molecule has 0 saturated heterocycles. The third kappa shape index (κ3) is 3.05. The summed E-state index contributed by atoms with van der Waals surface area (Å²) in [4.78, 5) is 7.05. The zero-order valence-electron chi connectivity index (χ0n) is 10.9. The Bertz CT molecular complexity index is 486. The second-order valence-corrected chi connectivity index (χ2v) is 8.34. The van der Waals surface area contributed by atoms with Crippen molar-refractivity contribution < 1.29 is 4.55 Å². The Labute approximate surface area is 119 Å². The van der Waals surface area contributed by atoms with E-state index in [0.717, 1.165) is 29.4 Å². The highest BCUT2D eigenvalue weighted by Gasteiger charge is 2.20. The minimum Gasteiger partial charge on any atom is -0.610 e. The lowest BCUT2D eigenvalue weighted by Gasteiger charge is -2.07. The topological polar surface area (TPSA) is 48.0 Å². The first-order valence-corrected chi connectivity index (χ1v) is 9.04. The Morgan fingerprint density at radius 2 is 2.00 bits per heavy atom. The summed E-state index contributed by atoms with van der Waals surface area (Å²) in [7, 11) is 0. The van der Waals surface area contributed by atoms with Crippen LogP contribution < -0.4 is 5.32 Å². The van der Waals surface area contributed by atoms with Crippen LogP contribution in [0.1, 0.15) is 23.1 Å². The molecule has 0 radical (unpaired) electrons. The van der Waals surface area contributed by atoms with Crippen LogP contribution in [0.25, 0.3) is 10.2 Å². The molecule has 1 atom stereocenters. The van der Waals surface area contributed by atoms with E-state index in [2.05, 4.69) is 31.1 Å². The smallest absolute Gasteiger partial charge is 0.302 e. The van der Waals surface area contributed by atoms with Gasteiger partial charge in [0.25, 0.3) is 0 Å². The van der Waals surface area contributed by atoms with Crippen molar-refractivity contribution in [1.29, 1.82) is 0 Å². The van der Waals surface area contributed by atoms with Gasteiger partial charge in [-0.25, -0.2) is 0 Å². The summed E-state index contributed by atoms with van der Waals surface area (Å²) in [5.74, 6) is 0.650. The van der Waals surface area contributed by atoms with Gasteiger partial charge in [0.05, 0.1) is 4.70 Å². The van der Waals surface area contributed by atoms with Crippen molar-refractivity contribution in [2.45, 2.75) is 31.5 Å². The van der Waals surface area contributed by atoms with E-state index < -0.39 is 11.2 Å². The van der Waals surface area contributed by atoms with E-state index in [9.17, 15) is 4.55 Å². The maximum atomic E-state index is 12.1. The van der Waals surface area contributed by atoms with Crippen molar-refractivity contribution in [2.75, 3.05) is 18.8 Å². The van der Waals surface area contributed by atoms with Gasteiger partial charge in [-0.1, -0.05) is 18.3 Å². The lowest BCUT2D eigenvalue weighted by atomic mass is 10.4. The number of hydrogen-bond donors (Lipinski definition) is 1. The van der Waals surface area contributed by atoms with E-state index in [1.54, 1.807) is 22.7 Å². The third-order valence-corrected chi connectivity index (χ3v) is 6.62. The van der Waals surface area contributed by atoms with Crippen molar-refractivity contribution in [3.8, 4) is 0 Å².